The third-order valence-corrected chi connectivity index (χ3v) is 2.95. The summed E-state index contributed by atoms with van der Waals surface area (Å²) in [7, 11) is 1.97. The van der Waals surface area contributed by atoms with E-state index in [4.69, 9.17) is 0 Å². The van der Waals surface area contributed by atoms with Crippen LogP contribution in [0.15, 0.2) is 42.6 Å². The maximum Gasteiger partial charge on any atom is 0.0751 e. The third kappa shape index (κ3) is 2.53. The lowest BCUT2D eigenvalue weighted by Crippen LogP contribution is -2.20. The molecule has 1 N–H and O–H groups in total. The molecule has 1 aromatic carbocycles. The molecule has 0 fully saturated rings. The maximum atomic E-state index is 4.56. The maximum absolute atomic E-state index is 4.56. The summed E-state index contributed by atoms with van der Waals surface area (Å²) in [6, 6.07) is 12.7. The van der Waals surface area contributed by atoms with Gasteiger partial charge in [-0.3, -0.25) is 4.98 Å². The Morgan fingerprint density at radius 1 is 1.12 bits per heavy atom. The van der Waals surface area contributed by atoms with Crippen LogP contribution in [-0.4, -0.2) is 12.0 Å². The van der Waals surface area contributed by atoms with Crippen LogP contribution < -0.4 is 5.32 Å². The Morgan fingerprint density at radius 2 is 1.82 bits per heavy atom. The van der Waals surface area contributed by atoms with Crippen molar-refractivity contribution in [2.75, 3.05) is 7.05 Å². The Labute approximate surface area is 103 Å². The number of benzene rings is 1. The summed E-state index contributed by atoms with van der Waals surface area (Å²) in [5, 5.41) is 3.33. The smallest absolute Gasteiger partial charge is 0.0751 e. The summed E-state index contributed by atoms with van der Waals surface area (Å²) in [4.78, 5) is 4.56. The molecular formula is C15H18N2. The molecule has 2 rings (SSSR count). The molecule has 0 amide bonds. The number of hydrogen-bond donors (Lipinski definition) is 1. The fraction of sp³-hybridized carbons (Fsp3) is 0.267. The van der Waals surface area contributed by atoms with Crippen molar-refractivity contribution in [3.05, 3.63) is 65.0 Å². The van der Waals surface area contributed by atoms with Gasteiger partial charge in [-0.15, -0.1) is 0 Å². The van der Waals surface area contributed by atoms with Gasteiger partial charge in [0.05, 0.1) is 11.7 Å². The van der Waals surface area contributed by atoms with E-state index < -0.39 is 0 Å². The van der Waals surface area contributed by atoms with Crippen molar-refractivity contribution in [1.82, 2.24) is 10.3 Å². The first kappa shape index (κ1) is 11.8. The van der Waals surface area contributed by atoms with E-state index in [0.29, 0.717) is 0 Å². The molecule has 1 unspecified atom stereocenters. The van der Waals surface area contributed by atoms with Crippen LogP contribution in [0.25, 0.3) is 0 Å². The Hall–Kier alpha value is -1.67. The minimum atomic E-state index is 0.164. The minimum Gasteiger partial charge on any atom is -0.308 e. The van der Waals surface area contributed by atoms with Gasteiger partial charge in [0.1, 0.15) is 0 Å². The summed E-state index contributed by atoms with van der Waals surface area (Å²) in [5.41, 5.74) is 4.78. The van der Waals surface area contributed by atoms with E-state index in [1.807, 2.05) is 19.3 Å². The largest absolute Gasteiger partial charge is 0.308 e. The topological polar surface area (TPSA) is 24.9 Å². The quantitative estimate of drug-likeness (QED) is 0.870. The number of pyridine rings is 1. The zero-order valence-electron chi connectivity index (χ0n) is 10.6. The molecule has 2 heteroatoms. The molecular weight excluding hydrogens is 208 g/mol. The molecule has 0 saturated heterocycles. The Bertz CT molecular complexity index is 492. The molecule has 0 bridgehead atoms. The summed E-state index contributed by atoms with van der Waals surface area (Å²) in [5.74, 6) is 0. The van der Waals surface area contributed by atoms with Gasteiger partial charge in [-0.05, 0) is 37.6 Å². The van der Waals surface area contributed by atoms with Gasteiger partial charge in [-0.1, -0.05) is 36.4 Å². The molecule has 0 aliphatic heterocycles. The lowest BCUT2D eigenvalue weighted by molar-refractivity contribution is 0.665. The van der Waals surface area contributed by atoms with Gasteiger partial charge >= 0.3 is 0 Å². The molecule has 0 saturated carbocycles. The summed E-state index contributed by atoms with van der Waals surface area (Å²) < 4.78 is 0. The van der Waals surface area contributed by atoms with Crippen molar-refractivity contribution in [1.29, 1.82) is 0 Å². The van der Waals surface area contributed by atoms with E-state index in [1.165, 1.54) is 16.7 Å². The SMILES string of the molecule is CNC(c1ccccc1)c1ncc(C)cc1C. The van der Waals surface area contributed by atoms with Crippen molar-refractivity contribution >= 4 is 0 Å². The second-order valence-electron chi connectivity index (χ2n) is 4.35. The van der Waals surface area contributed by atoms with Gasteiger partial charge in [0.15, 0.2) is 0 Å². The predicted molar refractivity (Wildman–Crippen MR) is 71.1 cm³/mol. The van der Waals surface area contributed by atoms with Gasteiger partial charge in [0.2, 0.25) is 0 Å². The predicted octanol–water partition coefficient (Wildman–Crippen LogP) is 3.01. The second-order valence-corrected chi connectivity index (χ2v) is 4.35. The standard InChI is InChI=1S/C15H18N2/c1-11-9-12(2)14(17-10-11)15(16-3)13-7-5-4-6-8-13/h4-10,15-16H,1-3H3. The van der Waals surface area contributed by atoms with Gasteiger partial charge in [-0.25, -0.2) is 0 Å². The fourth-order valence-corrected chi connectivity index (χ4v) is 2.13. The van der Waals surface area contributed by atoms with Gasteiger partial charge in [-0.2, -0.15) is 0 Å². The zero-order chi connectivity index (χ0) is 12.3. The number of aryl methyl sites for hydroxylation is 2. The van der Waals surface area contributed by atoms with Crippen molar-refractivity contribution in [3.63, 3.8) is 0 Å². The molecule has 2 nitrogen and oxygen atoms in total. The number of aromatic nitrogens is 1. The van der Waals surface area contributed by atoms with Crippen molar-refractivity contribution < 1.29 is 0 Å². The third-order valence-electron chi connectivity index (χ3n) is 2.95. The normalized spacial score (nSPS) is 12.4. The fourth-order valence-electron chi connectivity index (χ4n) is 2.13. The molecule has 2 aromatic rings. The molecule has 1 aromatic heterocycles. The number of hydrogen-bond acceptors (Lipinski definition) is 2. The molecule has 1 atom stereocenters. The summed E-state index contributed by atoms with van der Waals surface area (Å²) in [6.07, 6.45) is 1.93. The van der Waals surface area contributed by atoms with Crippen LogP contribution >= 0.6 is 0 Å². The van der Waals surface area contributed by atoms with E-state index >= 15 is 0 Å². The molecule has 0 aliphatic carbocycles. The highest BCUT2D eigenvalue weighted by molar-refractivity contribution is 5.33. The van der Waals surface area contributed by atoms with E-state index in [9.17, 15) is 0 Å². The van der Waals surface area contributed by atoms with Crippen LogP contribution in [0.4, 0.5) is 0 Å². The monoisotopic (exact) mass is 226 g/mol. The highest BCUT2D eigenvalue weighted by atomic mass is 14.9. The first-order chi connectivity index (χ1) is 8.22. The Balaban J connectivity index is 2.42. The van der Waals surface area contributed by atoms with Crippen LogP contribution in [0.5, 0.6) is 0 Å². The lowest BCUT2D eigenvalue weighted by Gasteiger charge is -2.18. The zero-order valence-corrected chi connectivity index (χ0v) is 10.6. The molecule has 0 spiro atoms. The average molecular weight is 226 g/mol. The molecule has 17 heavy (non-hydrogen) atoms. The first-order valence-corrected chi connectivity index (χ1v) is 5.87. The molecule has 0 aliphatic rings. The first-order valence-electron chi connectivity index (χ1n) is 5.87. The highest BCUT2D eigenvalue weighted by Crippen LogP contribution is 2.22. The van der Waals surface area contributed by atoms with Crippen LogP contribution in [0.2, 0.25) is 0 Å². The molecule has 0 radical (unpaired) electrons. The summed E-state index contributed by atoms with van der Waals surface area (Å²) >= 11 is 0. The van der Waals surface area contributed by atoms with Crippen LogP contribution in [0, 0.1) is 13.8 Å². The van der Waals surface area contributed by atoms with Crippen molar-refractivity contribution in [2.45, 2.75) is 19.9 Å². The minimum absolute atomic E-state index is 0.164. The van der Waals surface area contributed by atoms with Crippen LogP contribution in [0.1, 0.15) is 28.4 Å². The van der Waals surface area contributed by atoms with Crippen LogP contribution in [-0.2, 0) is 0 Å². The van der Waals surface area contributed by atoms with Crippen LogP contribution in [0.3, 0.4) is 0 Å². The van der Waals surface area contributed by atoms with E-state index in [1.54, 1.807) is 0 Å². The van der Waals surface area contributed by atoms with Crippen molar-refractivity contribution in [3.8, 4) is 0 Å². The molecule has 1 heterocycles. The van der Waals surface area contributed by atoms with Gasteiger partial charge in [0, 0.05) is 6.20 Å². The van der Waals surface area contributed by atoms with E-state index in [2.05, 4.69) is 54.5 Å². The lowest BCUT2D eigenvalue weighted by atomic mass is 9.99. The number of rotatable bonds is 3. The van der Waals surface area contributed by atoms with E-state index in [-0.39, 0.29) is 6.04 Å². The number of nitrogens with one attached hydrogen (secondary N) is 1. The Kier molecular flexibility index (Phi) is 3.55. The Morgan fingerprint density at radius 3 is 2.41 bits per heavy atom. The van der Waals surface area contributed by atoms with E-state index in [0.717, 1.165) is 5.69 Å². The second kappa shape index (κ2) is 5.11. The van der Waals surface area contributed by atoms with Gasteiger partial charge in [0.25, 0.3) is 0 Å². The van der Waals surface area contributed by atoms with Gasteiger partial charge < -0.3 is 5.32 Å². The highest BCUT2D eigenvalue weighted by Gasteiger charge is 2.15. The number of nitrogens with zero attached hydrogens (tertiary/aromatic N) is 1. The molecule has 88 valence electrons. The van der Waals surface area contributed by atoms with Crippen molar-refractivity contribution in [2.24, 2.45) is 0 Å². The average Bonchev–Trinajstić information content (AvgIpc) is 2.34. The summed E-state index contributed by atoms with van der Waals surface area (Å²) in [6.45, 7) is 4.18.